The number of carbonyl (C=O) groups excluding carboxylic acids is 1. The van der Waals surface area contributed by atoms with Crippen molar-refractivity contribution in [2.45, 2.75) is 13.1 Å². The van der Waals surface area contributed by atoms with Crippen molar-refractivity contribution >= 4 is 6.03 Å². The van der Waals surface area contributed by atoms with Crippen LogP contribution in [-0.2, 0) is 0 Å². The molecule has 1 N–H and O–H groups in total. The normalized spacial score (nSPS) is 10.9. The van der Waals surface area contributed by atoms with Crippen LogP contribution in [0.5, 0.6) is 0 Å². The summed E-state index contributed by atoms with van der Waals surface area (Å²) in [7, 11) is 1.40. The first-order chi connectivity index (χ1) is 6.22. The van der Waals surface area contributed by atoms with Gasteiger partial charge in [-0.1, -0.05) is 12.2 Å². The van der Waals surface area contributed by atoms with E-state index < -0.39 is 18.8 Å². The molecule has 82 valence electrons. The van der Waals surface area contributed by atoms with Crippen molar-refractivity contribution in [3.05, 3.63) is 12.2 Å². The average molecular weight is 210 g/mol. The number of likely N-dealkylation sites (N-methyl/N-ethyl adjacent to an activating group) is 1. The van der Waals surface area contributed by atoms with Gasteiger partial charge in [0, 0.05) is 13.6 Å². The molecule has 0 aliphatic rings. The highest BCUT2D eigenvalue weighted by atomic mass is 19.4. The number of carbonyl (C=O) groups is 1. The summed E-state index contributed by atoms with van der Waals surface area (Å²) in [6, 6.07) is -0.759. The van der Waals surface area contributed by atoms with E-state index in [4.69, 9.17) is 0 Å². The lowest BCUT2D eigenvalue weighted by molar-refractivity contribution is -0.123. The highest BCUT2D eigenvalue weighted by Gasteiger charge is 2.28. The number of hydrogen-bond acceptors (Lipinski definition) is 1. The number of nitrogens with zero attached hydrogens (tertiary/aromatic N) is 1. The Morgan fingerprint density at radius 2 is 2.00 bits per heavy atom. The first-order valence-corrected chi connectivity index (χ1v) is 3.92. The van der Waals surface area contributed by atoms with Gasteiger partial charge in [-0.05, 0) is 6.92 Å². The van der Waals surface area contributed by atoms with Gasteiger partial charge in [-0.15, -0.1) is 0 Å². The summed E-state index contributed by atoms with van der Waals surface area (Å²) in [5.74, 6) is 0. The lowest BCUT2D eigenvalue weighted by Gasteiger charge is -2.18. The molecule has 0 aromatic carbocycles. The number of nitrogens with one attached hydrogen (secondary N) is 1. The van der Waals surface area contributed by atoms with Gasteiger partial charge in [-0.25, -0.2) is 4.79 Å². The van der Waals surface area contributed by atoms with E-state index in [1.165, 1.54) is 7.05 Å². The fourth-order valence-electron chi connectivity index (χ4n) is 0.787. The SMILES string of the molecule is C=C(C)CN(C)C(=O)NCC(F)(F)F. The maximum absolute atomic E-state index is 11.7. The van der Waals surface area contributed by atoms with Crippen LogP contribution in [0.3, 0.4) is 0 Å². The van der Waals surface area contributed by atoms with Gasteiger partial charge in [-0.3, -0.25) is 0 Å². The van der Waals surface area contributed by atoms with E-state index in [-0.39, 0.29) is 6.54 Å². The minimum atomic E-state index is -4.38. The molecule has 0 saturated heterocycles. The Morgan fingerprint density at radius 3 is 2.36 bits per heavy atom. The van der Waals surface area contributed by atoms with Crippen LogP contribution in [0.15, 0.2) is 12.2 Å². The molecular formula is C8H13F3N2O. The van der Waals surface area contributed by atoms with Gasteiger partial charge in [0.15, 0.2) is 0 Å². The Morgan fingerprint density at radius 1 is 1.50 bits per heavy atom. The number of amides is 2. The molecule has 3 nitrogen and oxygen atoms in total. The summed E-state index contributed by atoms with van der Waals surface area (Å²) in [5.41, 5.74) is 0.703. The van der Waals surface area contributed by atoms with E-state index in [0.717, 1.165) is 4.90 Å². The van der Waals surface area contributed by atoms with Gasteiger partial charge >= 0.3 is 12.2 Å². The Bertz CT molecular complexity index is 225. The van der Waals surface area contributed by atoms with Gasteiger partial charge in [0.2, 0.25) is 0 Å². The van der Waals surface area contributed by atoms with Crippen molar-refractivity contribution < 1.29 is 18.0 Å². The highest BCUT2D eigenvalue weighted by Crippen LogP contribution is 2.12. The lowest BCUT2D eigenvalue weighted by atomic mass is 10.3. The number of hydrogen-bond donors (Lipinski definition) is 1. The van der Waals surface area contributed by atoms with Crippen LogP contribution in [0.25, 0.3) is 0 Å². The highest BCUT2D eigenvalue weighted by molar-refractivity contribution is 5.74. The molecule has 0 radical (unpaired) electrons. The summed E-state index contributed by atoms with van der Waals surface area (Å²) >= 11 is 0. The Balaban J connectivity index is 3.91. The molecule has 14 heavy (non-hydrogen) atoms. The first kappa shape index (κ1) is 12.8. The molecule has 0 atom stereocenters. The third-order valence-corrected chi connectivity index (χ3v) is 1.29. The van der Waals surface area contributed by atoms with Crippen molar-refractivity contribution in [2.75, 3.05) is 20.1 Å². The first-order valence-electron chi connectivity index (χ1n) is 3.92. The van der Waals surface area contributed by atoms with Crippen LogP contribution in [0.1, 0.15) is 6.92 Å². The molecular weight excluding hydrogens is 197 g/mol. The topological polar surface area (TPSA) is 32.3 Å². The molecule has 0 aliphatic carbocycles. The zero-order chi connectivity index (χ0) is 11.4. The maximum Gasteiger partial charge on any atom is 0.405 e. The fourth-order valence-corrected chi connectivity index (χ4v) is 0.787. The average Bonchev–Trinajstić information content (AvgIpc) is 1.97. The predicted octanol–water partition coefficient (Wildman–Crippen LogP) is 1.77. The molecule has 2 amide bonds. The van der Waals surface area contributed by atoms with Gasteiger partial charge in [0.05, 0.1) is 0 Å². The van der Waals surface area contributed by atoms with Gasteiger partial charge in [-0.2, -0.15) is 13.2 Å². The molecule has 0 bridgehead atoms. The van der Waals surface area contributed by atoms with Gasteiger partial charge in [0.25, 0.3) is 0 Å². The Kier molecular flexibility index (Phi) is 4.46. The largest absolute Gasteiger partial charge is 0.405 e. The smallest absolute Gasteiger partial charge is 0.329 e. The fraction of sp³-hybridized carbons (Fsp3) is 0.625. The van der Waals surface area contributed by atoms with Crippen molar-refractivity contribution in [1.29, 1.82) is 0 Å². The molecule has 0 spiro atoms. The summed E-state index contributed by atoms with van der Waals surface area (Å²) in [4.78, 5) is 12.1. The summed E-state index contributed by atoms with van der Waals surface area (Å²) in [6.45, 7) is 4.16. The van der Waals surface area contributed by atoms with Crippen molar-refractivity contribution in [2.24, 2.45) is 0 Å². The zero-order valence-corrected chi connectivity index (χ0v) is 8.11. The van der Waals surface area contributed by atoms with E-state index >= 15 is 0 Å². The van der Waals surface area contributed by atoms with E-state index in [0.29, 0.717) is 5.57 Å². The van der Waals surface area contributed by atoms with E-state index in [9.17, 15) is 18.0 Å². The predicted molar refractivity (Wildman–Crippen MR) is 46.9 cm³/mol. The third kappa shape index (κ3) is 6.33. The molecule has 0 aromatic rings. The molecule has 0 heterocycles. The quantitative estimate of drug-likeness (QED) is 0.707. The summed E-state index contributed by atoms with van der Waals surface area (Å²) in [5, 5.41) is 1.75. The Labute approximate surface area is 80.6 Å². The van der Waals surface area contributed by atoms with Crippen LogP contribution < -0.4 is 5.32 Å². The number of rotatable bonds is 3. The second-order valence-corrected chi connectivity index (χ2v) is 3.09. The number of alkyl halides is 3. The molecule has 6 heteroatoms. The molecule has 0 aliphatic heterocycles. The summed E-state index contributed by atoms with van der Waals surface area (Å²) < 4.78 is 35.1. The van der Waals surface area contributed by atoms with E-state index in [2.05, 4.69) is 6.58 Å². The molecule has 0 rings (SSSR count). The number of urea groups is 1. The van der Waals surface area contributed by atoms with Crippen molar-refractivity contribution in [3.8, 4) is 0 Å². The second-order valence-electron chi connectivity index (χ2n) is 3.09. The van der Waals surface area contributed by atoms with Crippen LogP contribution in [-0.4, -0.2) is 37.2 Å². The molecule has 0 saturated carbocycles. The monoisotopic (exact) mass is 210 g/mol. The standard InChI is InChI=1S/C8H13F3N2O/c1-6(2)4-13(3)7(14)12-5-8(9,10)11/h1,4-5H2,2-3H3,(H,12,14). The van der Waals surface area contributed by atoms with E-state index in [1.807, 2.05) is 0 Å². The van der Waals surface area contributed by atoms with E-state index in [1.54, 1.807) is 12.2 Å². The van der Waals surface area contributed by atoms with Crippen LogP contribution in [0, 0.1) is 0 Å². The molecule has 0 fully saturated rings. The number of halogens is 3. The molecule has 0 aromatic heterocycles. The van der Waals surface area contributed by atoms with Gasteiger partial charge in [0.1, 0.15) is 6.54 Å². The minimum Gasteiger partial charge on any atom is -0.329 e. The van der Waals surface area contributed by atoms with Crippen LogP contribution >= 0.6 is 0 Å². The third-order valence-electron chi connectivity index (χ3n) is 1.29. The molecule has 0 unspecified atom stereocenters. The lowest BCUT2D eigenvalue weighted by Crippen LogP contribution is -2.42. The maximum atomic E-state index is 11.7. The summed E-state index contributed by atoms with van der Waals surface area (Å²) in [6.07, 6.45) is -4.38. The second kappa shape index (κ2) is 4.88. The van der Waals surface area contributed by atoms with Crippen LogP contribution in [0.2, 0.25) is 0 Å². The van der Waals surface area contributed by atoms with Crippen molar-refractivity contribution in [3.63, 3.8) is 0 Å². The minimum absolute atomic E-state index is 0.240. The van der Waals surface area contributed by atoms with Gasteiger partial charge < -0.3 is 10.2 Å². The zero-order valence-electron chi connectivity index (χ0n) is 8.11. The van der Waals surface area contributed by atoms with Crippen LogP contribution in [0.4, 0.5) is 18.0 Å². The Hall–Kier alpha value is -1.20. The van der Waals surface area contributed by atoms with Crippen molar-refractivity contribution in [1.82, 2.24) is 10.2 Å².